The first-order valence-corrected chi connectivity index (χ1v) is 11.9. The molecule has 5 rings (SSSR count). The van der Waals surface area contributed by atoms with Crippen molar-refractivity contribution in [2.24, 2.45) is 0 Å². The number of aryl methyl sites for hydroxylation is 1. The highest BCUT2D eigenvalue weighted by atomic mass is 32.2. The highest BCUT2D eigenvalue weighted by Gasteiger charge is 2.18. The van der Waals surface area contributed by atoms with E-state index in [2.05, 4.69) is 15.5 Å². The number of nitrogens with one attached hydrogen (secondary N) is 1. The van der Waals surface area contributed by atoms with Crippen molar-refractivity contribution in [3.63, 3.8) is 0 Å². The first-order chi connectivity index (χ1) is 17.1. The lowest BCUT2D eigenvalue weighted by Gasteiger charge is -2.10. The average Bonchev–Trinajstić information content (AvgIpc) is 3.54. The van der Waals surface area contributed by atoms with Crippen molar-refractivity contribution in [3.05, 3.63) is 114 Å². The number of thioether (sulfide) groups is 1. The van der Waals surface area contributed by atoms with E-state index in [1.807, 2.05) is 47.9 Å². The van der Waals surface area contributed by atoms with E-state index in [1.54, 1.807) is 42.7 Å². The molecule has 0 unspecified atom stereocenters. The highest BCUT2D eigenvalue weighted by Crippen LogP contribution is 2.30. The Morgan fingerprint density at radius 3 is 2.51 bits per heavy atom. The summed E-state index contributed by atoms with van der Waals surface area (Å²) in [6.07, 6.45) is 1.57. The highest BCUT2D eigenvalue weighted by molar-refractivity contribution is 7.98. The molecular weight excluding hydrogens is 463 g/mol. The third kappa shape index (κ3) is 5.17. The standard InChI is InChI=1S/C27H21FN4O2S/c1-18-4-2-5-22(16-18)29-26(33)20-9-7-19(8-10-20)17-35-27-31-30-25(24-6-3-15-34-24)32(27)23-13-11-21(28)12-14-23/h2-16H,17H2,1H3,(H,29,33). The molecule has 2 aromatic heterocycles. The summed E-state index contributed by atoms with van der Waals surface area (Å²) in [5.41, 5.74) is 4.18. The Hall–Kier alpha value is -4.17. The number of aromatic nitrogens is 3. The fourth-order valence-corrected chi connectivity index (χ4v) is 4.49. The van der Waals surface area contributed by atoms with Crippen molar-refractivity contribution in [1.29, 1.82) is 0 Å². The van der Waals surface area contributed by atoms with Gasteiger partial charge < -0.3 is 9.73 Å². The average molecular weight is 485 g/mol. The number of carbonyl (C=O) groups excluding carboxylic acids is 1. The van der Waals surface area contributed by atoms with Crippen LogP contribution >= 0.6 is 11.8 Å². The fraction of sp³-hybridized carbons (Fsp3) is 0.0741. The largest absolute Gasteiger partial charge is 0.461 e. The molecule has 3 aromatic carbocycles. The monoisotopic (exact) mass is 484 g/mol. The molecule has 0 radical (unpaired) electrons. The Kier molecular flexibility index (Phi) is 6.45. The van der Waals surface area contributed by atoms with Crippen molar-refractivity contribution in [2.45, 2.75) is 17.8 Å². The molecule has 0 aliphatic heterocycles. The maximum absolute atomic E-state index is 13.5. The molecule has 0 saturated heterocycles. The predicted octanol–water partition coefficient (Wildman–Crippen LogP) is 6.52. The van der Waals surface area contributed by atoms with Crippen LogP contribution in [0.5, 0.6) is 0 Å². The Morgan fingerprint density at radius 2 is 1.80 bits per heavy atom. The lowest BCUT2D eigenvalue weighted by Crippen LogP contribution is -2.11. The minimum Gasteiger partial charge on any atom is -0.461 e. The molecule has 1 amide bonds. The number of anilines is 1. The van der Waals surface area contributed by atoms with Crippen molar-refractivity contribution >= 4 is 23.4 Å². The smallest absolute Gasteiger partial charge is 0.255 e. The molecule has 6 nitrogen and oxygen atoms in total. The molecule has 174 valence electrons. The van der Waals surface area contributed by atoms with Crippen LogP contribution in [-0.4, -0.2) is 20.7 Å². The first-order valence-electron chi connectivity index (χ1n) is 10.9. The summed E-state index contributed by atoms with van der Waals surface area (Å²) >= 11 is 1.49. The number of hydrogen-bond acceptors (Lipinski definition) is 5. The van der Waals surface area contributed by atoms with Crippen molar-refractivity contribution in [2.75, 3.05) is 5.32 Å². The zero-order valence-corrected chi connectivity index (χ0v) is 19.6. The van der Waals surface area contributed by atoms with Gasteiger partial charge in [0.25, 0.3) is 5.91 Å². The zero-order valence-electron chi connectivity index (χ0n) is 18.8. The minimum atomic E-state index is -0.317. The lowest BCUT2D eigenvalue weighted by atomic mass is 10.1. The molecule has 0 spiro atoms. The molecule has 0 fully saturated rings. The number of amides is 1. The van der Waals surface area contributed by atoms with Crippen LogP contribution in [0.25, 0.3) is 17.3 Å². The van der Waals surface area contributed by atoms with E-state index in [0.29, 0.717) is 28.1 Å². The Labute approximate surface area is 205 Å². The Bertz CT molecular complexity index is 1450. The number of furan rings is 1. The number of hydrogen-bond donors (Lipinski definition) is 1. The zero-order chi connectivity index (χ0) is 24.2. The van der Waals surface area contributed by atoms with Crippen LogP contribution in [0.2, 0.25) is 0 Å². The second-order valence-electron chi connectivity index (χ2n) is 7.90. The second-order valence-corrected chi connectivity index (χ2v) is 8.85. The summed E-state index contributed by atoms with van der Waals surface area (Å²) in [7, 11) is 0. The summed E-state index contributed by atoms with van der Waals surface area (Å²) in [4.78, 5) is 12.6. The van der Waals surface area contributed by atoms with Gasteiger partial charge in [-0.2, -0.15) is 0 Å². The van der Waals surface area contributed by atoms with Crippen LogP contribution in [0.15, 0.2) is 101 Å². The van der Waals surface area contributed by atoms with Crippen LogP contribution in [0, 0.1) is 12.7 Å². The third-order valence-electron chi connectivity index (χ3n) is 5.32. The van der Waals surface area contributed by atoms with Gasteiger partial charge in [-0.05, 0) is 78.7 Å². The molecular formula is C27H21FN4O2S. The number of halogens is 1. The molecule has 5 aromatic rings. The van der Waals surface area contributed by atoms with Crippen LogP contribution in [0.3, 0.4) is 0 Å². The number of rotatable bonds is 7. The normalized spacial score (nSPS) is 10.9. The first kappa shape index (κ1) is 22.6. The molecule has 0 saturated carbocycles. The summed E-state index contributed by atoms with van der Waals surface area (Å²) in [5, 5.41) is 12.2. The molecule has 1 N–H and O–H groups in total. The molecule has 2 heterocycles. The molecule has 0 aliphatic carbocycles. The van der Waals surface area contributed by atoms with E-state index < -0.39 is 0 Å². The molecule has 8 heteroatoms. The van der Waals surface area contributed by atoms with Crippen LogP contribution in [0.4, 0.5) is 10.1 Å². The van der Waals surface area contributed by atoms with E-state index in [0.717, 1.165) is 22.5 Å². The Morgan fingerprint density at radius 1 is 1.00 bits per heavy atom. The third-order valence-corrected chi connectivity index (χ3v) is 6.32. The van der Waals surface area contributed by atoms with Gasteiger partial charge in [-0.1, -0.05) is 36.0 Å². The van der Waals surface area contributed by atoms with Gasteiger partial charge >= 0.3 is 0 Å². The number of nitrogens with zero attached hydrogens (tertiary/aromatic N) is 3. The van der Waals surface area contributed by atoms with Crippen LogP contribution in [-0.2, 0) is 5.75 Å². The van der Waals surface area contributed by atoms with Gasteiger partial charge in [-0.3, -0.25) is 9.36 Å². The van der Waals surface area contributed by atoms with E-state index >= 15 is 0 Å². The van der Waals surface area contributed by atoms with Gasteiger partial charge in [-0.15, -0.1) is 10.2 Å². The summed E-state index contributed by atoms with van der Waals surface area (Å²) in [5.74, 6) is 1.23. The van der Waals surface area contributed by atoms with Gasteiger partial charge in [-0.25, -0.2) is 4.39 Å². The van der Waals surface area contributed by atoms with E-state index in [-0.39, 0.29) is 11.7 Å². The predicted molar refractivity (Wildman–Crippen MR) is 134 cm³/mol. The van der Waals surface area contributed by atoms with Crippen LogP contribution in [0.1, 0.15) is 21.5 Å². The maximum Gasteiger partial charge on any atom is 0.255 e. The second kappa shape index (κ2) is 9.99. The van der Waals surface area contributed by atoms with Gasteiger partial charge in [0.05, 0.1) is 12.0 Å². The summed E-state index contributed by atoms with van der Waals surface area (Å²) in [6.45, 7) is 1.98. The Balaban J connectivity index is 1.32. The summed E-state index contributed by atoms with van der Waals surface area (Å²) < 4.78 is 20.9. The fourth-order valence-electron chi connectivity index (χ4n) is 3.58. The minimum absolute atomic E-state index is 0.158. The maximum atomic E-state index is 13.5. The molecule has 0 aliphatic rings. The summed E-state index contributed by atoms with van der Waals surface area (Å²) in [6, 6.07) is 24.9. The number of benzene rings is 3. The van der Waals surface area contributed by atoms with E-state index in [4.69, 9.17) is 4.42 Å². The van der Waals surface area contributed by atoms with Gasteiger partial charge in [0.2, 0.25) is 5.82 Å². The topological polar surface area (TPSA) is 73.0 Å². The van der Waals surface area contributed by atoms with E-state index in [9.17, 15) is 9.18 Å². The molecule has 35 heavy (non-hydrogen) atoms. The van der Waals surface area contributed by atoms with Crippen LogP contribution < -0.4 is 5.32 Å². The van der Waals surface area contributed by atoms with Gasteiger partial charge in [0.15, 0.2) is 10.9 Å². The van der Waals surface area contributed by atoms with Crippen molar-refractivity contribution < 1.29 is 13.6 Å². The SMILES string of the molecule is Cc1cccc(NC(=O)c2ccc(CSc3nnc(-c4ccco4)n3-c3ccc(F)cc3)cc2)c1. The van der Waals surface area contributed by atoms with Crippen molar-refractivity contribution in [3.8, 4) is 17.3 Å². The van der Waals surface area contributed by atoms with Gasteiger partial charge in [0, 0.05) is 17.0 Å². The number of carbonyl (C=O) groups is 1. The molecule has 0 bridgehead atoms. The molecule has 0 atom stereocenters. The van der Waals surface area contributed by atoms with Crippen molar-refractivity contribution in [1.82, 2.24) is 14.8 Å². The quantitative estimate of drug-likeness (QED) is 0.266. The lowest BCUT2D eigenvalue weighted by molar-refractivity contribution is 0.102. The van der Waals surface area contributed by atoms with E-state index in [1.165, 1.54) is 23.9 Å². The van der Waals surface area contributed by atoms with Gasteiger partial charge in [0.1, 0.15) is 5.82 Å².